The summed E-state index contributed by atoms with van der Waals surface area (Å²) < 4.78 is 0. The van der Waals surface area contributed by atoms with E-state index < -0.39 is 0 Å². The molecule has 53 heavy (non-hydrogen) atoms. The maximum absolute atomic E-state index is 4.40. The van der Waals surface area contributed by atoms with Crippen molar-refractivity contribution >= 4 is 0 Å². The molecule has 0 heterocycles. The lowest BCUT2D eigenvalue weighted by molar-refractivity contribution is 0.473. The highest BCUT2D eigenvalue weighted by Gasteiger charge is 2.10. The largest absolute Gasteiger partial charge is 0.124 e. The molecule has 0 aromatic rings. The molecule has 0 spiro atoms. The number of hydrogen-bond acceptors (Lipinski definition) is 0. The highest BCUT2D eigenvalue weighted by Crippen LogP contribution is 2.25. The van der Waals surface area contributed by atoms with Gasteiger partial charge in [-0.05, 0) is 31.6 Å². The molecular weight excluding hydrogens is 637 g/mol. The molecule has 0 aliphatic carbocycles. The molecule has 0 saturated carbocycles. The first-order valence-corrected chi connectivity index (χ1v) is 25.0. The SMILES string of the molecule is C#C.C=C(CCCCCCCCC)C(CC)CCCCCCCC.CC.CCCCCCC.CCCCCCCCC.CCCCCCCCCCC. The summed E-state index contributed by atoms with van der Waals surface area (Å²) in [5.41, 5.74) is 1.55. The van der Waals surface area contributed by atoms with E-state index in [1.165, 1.54) is 238 Å². The molecule has 0 saturated heterocycles. The van der Waals surface area contributed by atoms with Crippen LogP contribution in [0.4, 0.5) is 0 Å². The highest BCUT2D eigenvalue weighted by atomic mass is 14.2. The minimum atomic E-state index is 0.797. The smallest absolute Gasteiger partial charge is 0.0209 e. The van der Waals surface area contributed by atoms with E-state index in [0.29, 0.717) is 0 Å². The second-order valence-electron chi connectivity index (χ2n) is 15.5. The third kappa shape index (κ3) is 76.8. The van der Waals surface area contributed by atoms with Crippen molar-refractivity contribution in [3.05, 3.63) is 12.2 Å². The van der Waals surface area contributed by atoms with Gasteiger partial charge < -0.3 is 0 Å². The summed E-state index contributed by atoms with van der Waals surface area (Å²) in [6.45, 7) is 28.9. The van der Waals surface area contributed by atoms with Crippen molar-refractivity contribution in [2.45, 2.75) is 314 Å². The summed E-state index contributed by atoms with van der Waals surface area (Å²) in [6, 6.07) is 0. The van der Waals surface area contributed by atoms with E-state index in [2.05, 4.69) is 81.7 Å². The van der Waals surface area contributed by atoms with E-state index in [9.17, 15) is 0 Å². The van der Waals surface area contributed by atoms with E-state index in [1.54, 1.807) is 5.57 Å². The number of rotatable bonds is 35. The van der Waals surface area contributed by atoms with Crippen molar-refractivity contribution in [1.82, 2.24) is 0 Å². The van der Waals surface area contributed by atoms with Gasteiger partial charge in [0.15, 0.2) is 0 Å². The van der Waals surface area contributed by atoms with Gasteiger partial charge in [-0.25, -0.2) is 0 Å². The van der Waals surface area contributed by atoms with Gasteiger partial charge in [0.25, 0.3) is 0 Å². The fraction of sp³-hybridized carbons (Fsp3) is 0.925. The lowest BCUT2D eigenvalue weighted by Gasteiger charge is -2.18. The molecule has 0 aromatic carbocycles. The molecule has 324 valence electrons. The maximum atomic E-state index is 4.40. The lowest BCUT2D eigenvalue weighted by atomic mass is 9.88. The number of allylic oxidation sites excluding steroid dienone is 1. The van der Waals surface area contributed by atoms with Gasteiger partial charge in [-0.15, -0.1) is 12.8 Å². The minimum absolute atomic E-state index is 0.797. The van der Waals surface area contributed by atoms with Crippen LogP contribution >= 0.6 is 0 Å². The van der Waals surface area contributed by atoms with Gasteiger partial charge in [-0.3, -0.25) is 0 Å². The van der Waals surface area contributed by atoms with Crippen molar-refractivity contribution in [2.75, 3.05) is 0 Å². The molecule has 0 bridgehead atoms. The molecular formula is C53H112. The third-order valence-electron chi connectivity index (χ3n) is 10.2. The normalized spacial score (nSPS) is 10.4. The van der Waals surface area contributed by atoms with Crippen LogP contribution in [0.15, 0.2) is 12.2 Å². The minimum Gasteiger partial charge on any atom is -0.124 e. The molecule has 0 aromatic heterocycles. The van der Waals surface area contributed by atoms with Crippen LogP contribution in [0.2, 0.25) is 0 Å². The molecule has 0 amide bonds. The van der Waals surface area contributed by atoms with E-state index in [-0.39, 0.29) is 0 Å². The quantitative estimate of drug-likeness (QED) is 0.0344. The van der Waals surface area contributed by atoms with Gasteiger partial charge >= 0.3 is 0 Å². The Balaban J connectivity index is -0.000000149. The summed E-state index contributed by atoms with van der Waals surface area (Å²) in [7, 11) is 0. The predicted molar refractivity (Wildman–Crippen MR) is 256 cm³/mol. The Morgan fingerprint density at radius 3 is 0.736 bits per heavy atom. The first kappa shape index (κ1) is 64.2. The first-order chi connectivity index (χ1) is 26.0. The Morgan fingerprint density at radius 2 is 0.509 bits per heavy atom. The van der Waals surface area contributed by atoms with Crippen molar-refractivity contribution in [3.8, 4) is 12.8 Å². The van der Waals surface area contributed by atoms with Crippen LogP contribution < -0.4 is 0 Å². The summed E-state index contributed by atoms with van der Waals surface area (Å²) in [4.78, 5) is 0. The summed E-state index contributed by atoms with van der Waals surface area (Å²) in [5.74, 6) is 0.797. The molecule has 1 atom stereocenters. The van der Waals surface area contributed by atoms with Crippen molar-refractivity contribution in [1.29, 1.82) is 0 Å². The fourth-order valence-electron chi connectivity index (χ4n) is 6.47. The van der Waals surface area contributed by atoms with Crippen LogP contribution in [0.5, 0.6) is 0 Å². The van der Waals surface area contributed by atoms with Gasteiger partial charge in [0.1, 0.15) is 0 Å². The Kier molecular flexibility index (Phi) is 87.9. The van der Waals surface area contributed by atoms with Gasteiger partial charge in [-0.2, -0.15) is 0 Å². The van der Waals surface area contributed by atoms with Crippen LogP contribution in [0, 0.1) is 18.8 Å². The van der Waals surface area contributed by atoms with E-state index >= 15 is 0 Å². The molecule has 0 N–H and O–H groups in total. The molecule has 0 heteroatoms. The lowest BCUT2D eigenvalue weighted by Crippen LogP contribution is -2.02. The van der Waals surface area contributed by atoms with Gasteiger partial charge in [0, 0.05) is 0 Å². The van der Waals surface area contributed by atoms with Gasteiger partial charge in [-0.1, -0.05) is 300 Å². The van der Waals surface area contributed by atoms with E-state index in [0.717, 1.165) is 5.92 Å². The van der Waals surface area contributed by atoms with Crippen LogP contribution in [-0.2, 0) is 0 Å². The summed E-state index contributed by atoms with van der Waals surface area (Å²) >= 11 is 0. The summed E-state index contributed by atoms with van der Waals surface area (Å²) in [5, 5.41) is 0. The molecule has 0 radical (unpaired) electrons. The van der Waals surface area contributed by atoms with Crippen LogP contribution in [0.25, 0.3) is 0 Å². The average Bonchev–Trinajstić information content (AvgIpc) is 3.19. The topological polar surface area (TPSA) is 0 Å². The molecule has 0 aliphatic heterocycles. The third-order valence-corrected chi connectivity index (χ3v) is 10.2. The predicted octanol–water partition coefficient (Wildman–Crippen LogP) is 21.0. The number of hydrogen-bond donors (Lipinski definition) is 0. The van der Waals surface area contributed by atoms with Crippen molar-refractivity contribution < 1.29 is 0 Å². The zero-order chi connectivity index (χ0) is 41.3. The standard InChI is InChI=1S/C22H44.C11H24.C9H20.C7H16.C2H6.C2H2/c1-5-8-10-12-14-15-17-19-21(4)22(7-3)20-18-16-13-11-9-6-2;1-3-5-7-9-11-10-8-6-4-2;1-3-5-7-9-8-6-4-2;1-3-5-7-6-4-2;2*1-2/h22H,4-20H2,1-3H3;3-11H2,1-2H3;3-9H2,1-2H3;3-7H2,1-2H3;1-2H3;1-2H. The Labute approximate surface area is 343 Å². The van der Waals surface area contributed by atoms with E-state index in [4.69, 9.17) is 0 Å². The Hall–Kier alpha value is -0.700. The van der Waals surface area contributed by atoms with Crippen molar-refractivity contribution in [2.24, 2.45) is 5.92 Å². The monoisotopic (exact) mass is 749 g/mol. The number of terminal acetylenes is 1. The first-order valence-electron chi connectivity index (χ1n) is 25.0. The maximum Gasteiger partial charge on any atom is -0.0209 e. The van der Waals surface area contributed by atoms with Crippen LogP contribution in [0.3, 0.4) is 0 Å². The molecule has 1 unspecified atom stereocenters. The van der Waals surface area contributed by atoms with Crippen LogP contribution in [0.1, 0.15) is 314 Å². The Bertz CT molecular complexity index is 523. The zero-order valence-corrected chi connectivity index (χ0v) is 40.1. The van der Waals surface area contributed by atoms with E-state index in [1.807, 2.05) is 13.8 Å². The molecule has 0 nitrogen and oxygen atoms in total. The molecule has 0 aliphatic rings. The summed E-state index contributed by atoms with van der Waals surface area (Å²) in [6.07, 6.45) is 60.3. The second-order valence-corrected chi connectivity index (χ2v) is 15.5. The number of unbranched alkanes of at least 4 members (excludes halogenated alkanes) is 29. The Morgan fingerprint density at radius 1 is 0.321 bits per heavy atom. The molecule has 0 rings (SSSR count). The molecule has 0 fully saturated rings. The average molecular weight is 749 g/mol. The van der Waals surface area contributed by atoms with Gasteiger partial charge in [0.2, 0.25) is 0 Å². The van der Waals surface area contributed by atoms with Crippen molar-refractivity contribution in [3.63, 3.8) is 0 Å². The van der Waals surface area contributed by atoms with Crippen LogP contribution in [-0.4, -0.2) is 0 Å². The fourth-order valence-corrected chi connectivity index (χ4v) is 6.47. The zero-order valence-electron chi connectivity index (χ0n) is 40.1. The highest BCUT2D eigenvalue weighted by molar-refractivity contribution is 5.00. The second kappa shape index (κ2) is 72.5. The van der Waals surface area contributed by atoms with Gasteiger partial charge in [0.05, 0.1) is 0 Å².